The number of rotatable bonds is 1. The molecule has 5 heteroatoms. The van der Waals surface area contributed by atoms with Gasteiger partial charge < -0.3 is 5.73 Å². The molecule has 5 nitrogen and oxygen atoms in total. The van der Waals surface area contributed by atoms with E-state index in [9.17, 15) is 9.59 Å². The van der Waals surface area contributed by atoms with Crippen molar-refractivity contribution in [2.45, 2.75) is 44.9 Å². The minimum absolute atomic E-state index is 0.0792. The van der Waals surface area contributed by atoms with Crippen LogP contribution in [0.2, 0.25) is 0 Å². The summed E-state index contributed by atoms with van der Waals surface area (Å²) in [5.41, 5.74) is 5.99. The Morgan fingerprint density at radius 2 is 1.70 bits per heavy atom. The average Bonchev–Trinajstić information content (AvgIpc) is 2.41. The molecule has 1 aromatic rings. The molecule has 2 aliphatic rings. The number of piperidine rings is 1. The van der Waals surface area contributed by atoms with Crippen LogP contribution in [0.1, 0.15) is 44.9 Å². The molecule has 3 rings (SSSR count). The number of imide groups is 1. The maximum Gasteiger partial charge on any atom is 0.234 e. The predicted octanol–water partition coefficient (Wildman–Crippen LogP) is 2.27. The first kappa shape index (κ1) is 13.1. The summed E-state index contributed by atoms with van der Waals surface area (Å²) in [5.74, 6) is 0.179. The van der Waals surface area contributed by atoms with Gasteiger partial charge in [-0.2, -0.15) is 0 Å². The number of carbonyl (C=O) groups is 2. The Balaban J connectivity index is 1.83. The fourth-order valence-electron chi connectivity index (χ4n) is 3.47. The molecule has 1 saturated heterocycles. The van der Waals surface area contributed by atoms with Crippen LogP contribution in [-0.4, -0.2) is 16.8 Å². The Bertz CT molecular complexity index is 513. The molecule has 0 aromatic carbocycles. The standard InChI is InChI=1S/C15H19N3O2/c16-12-5-4-11(10-17-12)18-13(19)8-15(9-14(18)20)6-2-1-3-7-15/h4-5,10H,1-3,6-9H2,(H2,16,17). The predicted molar refractivity (Wildman–Crippen MR) is 75.9 cm³/mol. The number of amides is 2. The molecule has 1 aromatic heterocycles. The van der Waals surface area contributed by atoms with Gasteiger partial charge in [0.15, 0.2) is 0 Å². The van der Waals surface area contributed by atoms with Crippen molar-refractivity contribution in [1.82, 2.24) is 4.98 Å². The number of anilines is 2. The molecule has 0 unspecified atom stereocenters. The van der Waals surface area contributed by atoms with Crippen LogP contribution in [0.5, 0.6) is 0 Å². The highest BCUT2D eigenvalue weighted by atomic mass is 16.2. The Hall–Kier alpha value is -1.91. The maximum atomic E-state index is 12.4. The van der Waals surface area contributed by atoms with E-state index in [0.717, 1.165) is 25.7 Å². The van der Waals surface area contributed by atoms with Gasteiger partial charge in [-0.05, 0) is 30.4 Å². The van der Waals surface area contributed by atoms with Crippen LogP contribution in [0.3, 0.4) is 0 Å². The Morgan fingerprint density at radius 1 is 1.05 bits per heavy atom. The number of hydrogen-bond acceptors (Lipinski definition) is 4. The summed E-state index contributed by atoms with van der Waals surface area (Å²) in [6.07, 6.45) is 7.91. The molecular formula is C15H19N3O2. The lowest BCUT2D eigenvalue weighted by atomic mass is 9.67. The van der Waals surface area contributed by atoms with Crippen molar-refractivity contribution in [3.05, 3.63) is 18.3 Å². The summed E-state index contributed by atoms with van der Waals surface area (Å²) < 4.78 is 0. The highest BCUT2D eigenvalue weighted by Crippen LogP contribution is 2.45. The first-order valence-corrected chi connectivity index (χ1v) is 7.17. The molecule has 20 heavy (non-hydrogen) atoms. The van der Waals surface area contributed by atoms with Crippen molar-refractivity contribution in [1.29, 1.82) is 0 Å². The van der Waals surface area contributed by atoms with E-state index in [1.54, 1.807) is 12.1 Å². The third-order valence-corrected chi connectivity index (χ3v) is 4.49. The van der Waals surface area contributed by atoms with Gasteiger partial charge in [-0.25, -0.2) is 9.88 Å². The average molecular weight is 273 g/mol. The first-order chi connectivity index (χ1) is 9.60. The molecule has 2 amide bonds. The summed E-state index contributed by atoms with van der Waals surface area (Å²) in [4.78, 5) is 30.0. The molecular weight excluding hydrogens is 254 g/mol. The highest BCUT2D eigenvalue weighted by molar-refractivity contribution is 6.16. The molecule has 0 radical (unpaired) electrons. The zero-order chi connectivity index (χ0) is 14.2. The first-order valence-electron chi connectivity index (χ1n) is 7.17. The molecule has 1 aliphatic carbocycles. The highest BCUT2D eigenvalue weighted by Gasteiger charge is 2.44. The normalized spacial score (nSPS) is 22.3. The van der Waals surface area contributed by atoms with Crippen LogP contribution in [0.4, 0.5) is 11.5 Å². The van der Waals surface area contributed by atoms with Crippen LogP contribution >= 0.6 is 0 Å². The number of carbonyl (C=O) groups excluding carboxylic acids is 2. The van der Waals surface area contributed by atoms with Gasteiger partial charge in [0, 0.05) is 12.8 Å². The van der Waals surface area contributed by atoms with Crippen molar-refractivity contribution in [3.8, 4) is 0 Å². The van der Waals surface area contributed by atoms with Gasteiger partial charge in [-0.15, -0.1) is 0 Å². The molecule has 2 heterocycles. The molecule has 2 fully saturated rings. The second-order valence-electron chi connectivity index (χ2n) is 5.98. The van der Waals surface area contributed by atoms with E-state index < -0.39 is 0 Å². The largest absolute Gasteiger partial charge is 0.384 e. The lowest BCUT2D eigenvalue weighted by Gasteiger charge is -2.42. The number of nitrogens with two attached hydrogens (primary N) is 1. The fourth-order valence-corrected chi connectivity index (χ4v) is 3.47. The Labute approximate surface area is 118 Å². The van der Waals surface area contributed by atoms with Crippen molar-refractivity contribution in [3.63, 3.8) is 0 Å². The van der Waals surface area contributed by atoms with Crippen LogP contribution in [0.25, 0.3) is 0 Å². The minimum Gasteiger partial charge on any atom is -0.384 e. The summed E-state index contributed by atoms with van der Waals surface area (Å²) in [6.45, 7) is 0. The van der Waals surface area contributed by atoms with Gasteiger partial charge in [-0.1, -0.05) is 19.3 Å². The van der Waals surface area contributed by atoms with Crippen LogP contribution in [0, 0.1) is 5.41 Å². The lowest BCUT2D eigenvalue weighted by Crippen LogP contribution is -2.48. The number of nitrogen functional groups attached to an aromatic ring is 1. The van der Waals surface area contributed by atoms with Crippen molar-refractivity contribution in [2.75, 3.05) is 10.6 Å². The second kappa shape index (κ2) is 4.89. The van der Waals surface area contributed by atoms with Crippen LogP contribution in [-0.2, 0) is 9.59 Å². The van der Waals surface area contributed by atoms with Crippen molar-refractivity contribution in [2.24, 2.45) is 5.41 Å². The maximum absolute atomic E-state index is 12.4. The lowest BCUT2D eigenvalue weighted by molar-refractivity contribution is -0.134. The van der Waals surface area contributed by atoms with E-state index in [1.807, 2.05) is 0 Å². The number of aromatic nitrogens is 1. The summed E-state index contributed by atoms with van der Waals surface area (Å²) in [7, 11) is 0. The molecule has 0 atom stereocenters. The van der Waals surface area contributed by atoms with Gasteiger partial charge in [-0.3, -0.25) is 9.59 Å². The van der Waals surface area contributed by atoms with Gasteiger partial charge in [0.05, 0.1) is 11.9 Å². The number of hydrogen-bond donors (Lipinski definition) is 1. The summed E-state index contributed by atoms with van der Waals surface area (Å²) in [5, 5.41) is 0. The quantitative estimate of drug-likeness (QED) is 0.796. The summed E-state index contributed by atoms with van der Waals surface area (Å²) in [6, 6.07) is 3.29. The van der Waals surface area contributed by atoms with Gasteiger partial charge in [0.1, 0.15) is 5.82 Å². The smallest absolute Gasteiger partial charge is 0.234 e. The zero-order valence-corrected chi connectivity index (χ0v) is 11.5. The third-order valence-electron chi connectivity index (χ3n) is 4.49. The van der Waals surface area contributed by atoms with Gasteiger partial charge in [0.2, 0.25) is 11.8 Å². The van der Waals surface area contributed by atoms with E-state index in [4.69, 9.17) is 5.73 Å². The Kier molecular flexibility index (Phi) is 3.20. The summed E-state index contributed by atoms with van der Waals surface area (Å²) >= 11 is 0. The third kappa shape index (κ3) is 2.28. The van der Waals surface area contributed by atoms with E-state index in [1.165, 1.54) is 17.5 Å². The van der Waals surface area contributed by atoms with E-state index in [-0.39, 0.29) is 17.2 Å². The molecule has 1 spiro atoms. The minimum atomic E-state index is -0.102. The molecule has 106 valence electrons. The molecule has 1 aliphatic heterocycles. The second-order valence-corrected chi connectivity index (χ2v) is 5.98. The van der Waals surface area contributed by atoms with E-state index in [0.29, 0.717) is 24.3 Å². The van der Waals surface area contributed by atoms with Crippen LogP contribution < -0.4 is 10.6 Å². The van der Waals surface area contributed by atoms with Crippen molar-refractivity contribution < 1.29 is 9.59 Å². The fraction of sp³-hybridized carbons (Fsp3) is 0.533. The SMILES string of the molecule is Nc1ccc(N2C(=O)CC3(CCCCC3)CC2=O)cn1. The molecule has 0 bridgehead atoms. The number of nitrogens with zero attached hydrogens (tertiary/aromatic N) is 2. The van der Waals surface area contributed by atoms with E-state index in [2.05, 4.69) is 4.98 Å². The Morgan fingerprint density at radius 3 is 2.25 bits per heavy atom. The monoisotopic (exact) mass is 273 g/mol. The van der Waals surface area contributed by atoms with Crippen molar-refractivity contribution >= 4 is 23.3 Å². The van der Waals surface area contributed by atoms with Crippen LogP contribution in [0.15, 0.2) is 18.3 Å². The molecule has 2 N–H and O–H groups in total. The van der Waals surface area contributed by atoms with Gasteiger partial charge >= 0.3 is 0 Å². The van der Waals surface area contributed by atoms with Gasteiger partial charge in [0.25, 0.3) is 0 Å². The molecule has 1 saturated carbocycles. The number of pyridine rings is 1. The zero-order valence-electron chi connectivity index (χ0n) is 11.5. The topological polar surface area (TPSA) is 76.3 Å². The van der Waals surface area contributed by atoms with E-state index >= 15 is 0 Å².